The molecule has 4 nitrogen and oxygen atoms in total. The number of nitrogens with one attached hydrogen (secondary N) is 1. The predicted molar refractivity (Wildman–Crippen MR) is 59.8 cm³/mol. The van der Waals surface area contributed by atoms with Crippen molar-refractivity contribution >= 4 is 6.09 Å². The van der Waals surface area contributed by atoms with Crippen molar-refractivity contribution in [2.75, 3.05) is 26.2 Å². The van der Waals surface area contributed by atoms with Crippen LogP contribution in [0.1, 0.15) is 27.2 Å². The molecule has 1 aliphatic rings. The Morgan fingerprint density at radius 1 is 1.53 bits per heavy atom. The summed E-state index contributed by atoms with van der Waals surface area (Å²) >= 11 is 0. The molecule has 1 amide bonds. The molecular weight excluding hydrogens is 192 g/mol. The molecule has 1 rings (SSSR count). The van der Waals surface area contributed by atoms with E-state index in [1.54, 1.807) is 0 Å². The molecule has 0 aromatic carbocycles. The molecule has 0 radical (unpaired) electrons. The van der Waals surface area contributed by atoms with Gasteiger partial charge in [0.05, 0.1) is 12.6 Å². The van der Waals surface area contributed by atoms with Crippen molar-refractivity contribution < 1.29 is 9.53 Å². The third-order valence-electron chi connectivity index (χ3n) is 2.44. The lowest BCUT2D eigenvalue weighted by molar-refractivity contribution is 0.0659. The van der Waals surface area contributed by atoms with Crippen molar-refractivity contribution in [2.45, 2.75) is 33.2 Å². The Kier molecular flexibility index (Phi) is 4.88. The van der Waals surface area contributed by atoms with Crippen LogP contribution in [0.15, 0.2) is 0 Å². The highest BCUT2D eigenvalue weighted by molar-refractivity contribution is 5.68. The minimum atomic E-state index is -0.156. The minimum absolute atomic E-state index is 0.156. The molecule has 0 spiro atoms. The molecule has 1 fully saturated rings. The lowest BCUT2D eigenvalue weighted by Gasteiger charge is -2.37. The van der Waals surface area contributed by atoms with Gasteiger partial charge in [-0.25, -0.2) is 4.79 Å². The van der Waals surface area contributed by atoms with E-state index in [1.165, 1.54) is 0 Å². The second-order valence-corrected chi connectivity index (χ2v) is 4.48. The first-order valence-corrected chi connectivity index (χ1v) is 5.79. The van der Waals surface area contributed by atoms with Gasteiger partial charge in [-0.3, -0.25) is 0 Å². The van der Waals surface area contributed by atoms with E-state index in [-0.39, 0.29) is 6.09 Å². The van der Waals surface area contributed by atoms with Crippen LogP contribution in [0.4, 0.5) is 4.79 Å². The maximum absolute atomic E-state index is 11.7. The first kappa shape index (κ1) is 12.3. The lowest BCUT2D eigenvalue weighted by Crippen LogP contribution is -2.59. The topological polar surface area (TPSA) is 41.6 Å². The van der Waals surface area contributed by atoms with Crippen molar-refractivity contribution in [3.63, 3.8) is 0 Å². The van der Waals surface area contributed by atoms with Gasteiger partial charge in [-0.2, -0.15) is 0 Å². The number of amides is 1. The van der Waals surface area contributed by atoms with Crippen molar-refractivity contribution in [1.29, 1.82) is 0 Å². The molecule has 4 heteroatoms. The molecule has 0 aromatic rings. The first-order chi connectivity index (χ1) is 7.15. The summed E-state index contributed by atoms with van der Waals surface area (Å²) in [6.07, 6.45) is 0.824. The average molecular weight is 214 g/mol. The number of hydrogen-bond donors (Lipinski definition) is 1. The monoisotopic (exact) mass is 214 g/mol. The summed E-state index contributed by atoms with van der Waals surface area (Å²) in [7, 11) is 0. The van der Waals surface area contributed by atoms with Crippen LogP contribution in [0.25, 0.3) is 0 Å². The summed E-state index contributed by atoms with van der Waals surface area (Å²) < 4.78 is 5.23. The van der Waals surface area contributed by atoms with Crippen LogP contribution in [-0.4, -0.2) is 43.3 Å². The van der Waals surface area contributed by atoms with Crippen molar-refractivity contribution in [3.05, 3.63) is 0 Å². The van der Waals surface area contributed by atoms with Crippen LogP contribution in [-0.2, 0) is 4.74 Å². The van der Waals surface area contributed by atoms with Gasteiger partial charge in [-0.05, 0) is 12.3 Å². The minimum Gasteiger partial charge on any atom is -0.449 e. The highest BCUT2D eigenvalue weighted by atomic mass is 16.6. The first-order valence-electron chi connectivity index (χ1n) is 5.79. The van der Waals surface area contributed by atoms with Crippen LogP contribution in [0.3, 0.4) is 0 Å². The average Bonchev–Trinajstić information content (AvgIpc) is 2.10. The van der Waals surface area contributed by atoms with Gasteiger partial charge in [0.15, 0.2) is 0 Å². The fourth-order valence-electron chi connectivity index (χ4n) is 1.48. The Labute approximate surface area is 92.0 Å². The van der Waals surface area contributed by atoms with E-state index in [0.29, 0.717) is 18.6 Å². The van der Waals surface area contributed by atoms with E-state index in [9.17, 15) is 4.79 Å². The summed E-state index contributed by atoms with van der Waals surface area (Å²) in [6, 6.07) is 0.338. The molecule has 0 aliphatic carbocycles. The SMILES string of the molecule is CCCN(C(=O)OCC(C)C)C1CNC1. The van der Waals surface area contributed by atoms with Crippen LogP contribution in [0.2, 0.25) is 0 Å². The van der Waals surface area contributed by atoms with Gasteiger partial charge in [-0.1, -0.05) is 20.8 Å². The van der Waals surface area contributed by atoms with E-state index in [4.69, 9.17) is 4.74 Å². The number of carbonyl (C=O) groups is 1. The highest BCUT2D eigenvalue weighted by Gasteiger charge is 2.28. The molecule has 0 unspecified atom stereocenters. The normalized spacial score (nSPS) is 16.3. The maximum Gasteiger partial charge on any atom is 0.410 e. The molecule has 1 aliphatic heterocycles. The van der Waals surface area contributed by atoms with Gasteiger partial charge in [-0.15, -0.1) is 0 Å². The van der Waals surface area contributed by atoms with Crippen LogP contribution in [0, 0.1) is 5.92 Å². The number of carbonyl (C=O) groups excluding carboxylic acids is 1. The van der Waals surface area contributed by atoms with Gasteiger partial charge in [0, 0.05) is 19.6 Å². The molecular formula is C11H22N2O2. The summed E-state index contributed by atoms with van der Waals surface area (Å²) in [5.41, 5.74) is 0. The fraction of sp³-hybridized carbons (Fsp3) is 0.909. The predicted octanol–water partition coefficient (Wildman–Crippen LogP) is 1.46. The second kappa shape index (κ2) is 5.95. The number of nitrogens with zero attached hydrogens (tertiary/aromatic N) is 1. The van der Waals surface area contributed by atoms with Crippen LogP contribution >= 0.6 is 0 Å². The second-order valence-electron chi connectivity index (χ2n) is 4.48. The van der Waals surface area contributed by atoms with Crippen LogP contribution in [0.5, 0.6) is 0 Å². The zero-order valence-electron chi connectivity index (χ0n) is 9.95. The fourth-order valence-corrected chi connectivity index (χ4v) is 1.48. The Bertz CT molecular complexity index is 203. The van der Waals surface area contributed by atoms with Crippen LogP contribution < -0.4 is 5.32 Å². The van der Waals surface area contributed by atoms with Crippen molar-refractivity contribution in [3.8, 4) is 0 Å². The van der Waals surface area contributed by atoms with Crippen molar-refractivity contribution in [1.82, 2.24) is 10.2 Å². The third-order valence-corrected chi connectivity index (χ3v) is 2.44. The summed E-state index contributed by atoms with van der Waals surface area (Å²) in [6.45, 7) is 9.27. The van der Waals surface area contributed by atoms with E-state index < -0.39 is 0 Å². The lowest BCUT2D eigenvalue weighted by atomic mass is 10.1. The highest BCUT2D eigenvalue weighted by Crippen LogP contribution is 2.08. The van der Waals surface area contributed by atoms with E-state index in [1.807, 2.05) is 18.7 Å². The number of rotatable bonds is 5. The van der Waals surface area contributed by atoms with E-state index >= 15 is 0 Å². The molecule has 0 atom stereocenters. The van der Waals surface area contributed by atoms with Gasteiger partial charge < -0.3 is 15.0 Å². The molecule has 0 saturated carbocycles. The smallest absolute Gasteiger partial charge is 0.410 e. The standard InChI is InChI=1S/C11H22N2O2/c1-4-5-13(10-6-12-7-10)11(14)15-8-9(2)3/h9-10,12H,4-8H2,1-3H3. The molecule has 0 aromatic heterocycles. The summed E-state index contributed by atoms with van der Waals surface area (Å²) in [5, 5.41) is 3.17. The van der Waals surface area contributed by atoms with Crippen molar-refractivity contribution in [2.24, 2.45) is 5.92 Å². The van der Waals surface area contributed by atoms with Gasteiger partial charge in [0.1, 0.15) is 0 Å². The maximum atomic E-state index is 11.7. The molecule has 88 valence electrons. The Morgan fingerprint density at radius 2 is 2.20 bits per heavy atom. The molecule has 1 saturated heterocycles. The third kappa shape index (κ3) is 3.70. The summed E-state index contributed by atoms with van der Waals surface area (Å²) in [4.78, 5) is 13.6. The molecule has 1 heterocycles. The molecule has 0 bridgehead atoms. The van der Waals surface area contributed by atoms with E-state index in [0.717, 1.165) is 26.1 Å². The van der Waals surface area contributed by atoms with Gasteiger partial charge >= 0.3 is 6.09 Å². The summed E-state index contributed by atoms with van der Waals surface area (Å²) in [5.74, 6) is 0.400. The number of hydrogen-bond acceptors (Lipinski definition) is 3. The zero-order valence-corrected chi connectivity index (χ0v) is 9.95. The Morgan fingerprint density at radius 3 is 2.60 bits per heavy atom. The zero-order chi connectivity index (χ0) is 11.3. The quantitative estimate of drug-likeness (QED) is 0.753. The molecule has 15 heavy (non-hydrogen) atoms. The van der Waals surface area contributed by atoms with Gasteiger partial charge in [0.2, 0.25) is 0 Å². The van der Waals surface area contributed by atoms with E-state index in [2.05, 4.69) is 12.2 Å². The van der Waals surface area contributed by atoms with Gasteiger partial charge in [0.25, 0.3) is 0 Å². The Balaban J connectivity index is 2.36. The largest absolute Gasteiger partial charge is 0.449 e. The Hall–Kier alpha value is -0.770. The number of ether oxygens (including phenoxy) is 1. The molecule has 1 N–H and O–H groups in total.